The average Bonchev–Trinajstić information content (AvgIpc) is 2.14. The van der Waals surface area contributed by atoms with Crippen molar-refractivity contribution in [2.45, 2.75) is 13.8 Å². The number of carbonyl (C=O) groups excluding carboxylic acids is 1. The van der Waals surface area contributed by atoms with Crippen molar-refractivity contribution in [2.24, 2.45) is 5.92 Å². The lowest BCUT2D eigenvalue weighted by atomic mass is 10.2. The standard InChI is InChI=1S/C9H16N2OS/c1-4-11(6-8(2)5-10)9(12)7-13-3/h8H,4,6-7H2,1-3H3. The Bertz CT molecular complexity index is 200. The Balaban J connectivity index is 4.03. The van der Waals surface area contributed by atoms with Crippen molar-refractivity contribution in [3.63, 3.8) is 0 Å². The molecule has 0 heterocycles. The molecule has 1 amide bonds. The summed E-state index contributed by atoms with van der Waals surface area (Å²) >= 11 is 1.51. The van der Waals surface area contributed by atoms with Crippen molar-refractivity contribution in [1.29, 1.82) is 5.26 Å². The molecule has 74 valence electrons. The van der Waals surface area contributed by atoms with Gasteiger partial charge < -0.3 is 4.90 Å². The lowest BCUT2D eigenvalue weighted by Crippen LogP contribution is -2.35. The quantitative estimate of drug-likeness (QED) is 0.673. The molecule has 0 bridgehead atoms. The van der Waals surface area contributed by atoms with Crippen molar-refractivity contribution < 1.29 is 4.79 Å². The summed E-state index contributed by atoms with van der Waals surface area (Å²) in [7, 11) is 0. The van der Waals surface area contributed by atoms with E-state index in [1.807, 2.05) is 20.1 Å². The predicted molar refractivity (Wildman–Crippen MR) is 55.4 cm³/mol. The van der Waals surface area contributed by atoms with E-state index in [2.05, 4.69) is 6.07 Å². The molecule has 1 atom stereocenters. The number of carbonyl (C=O) groups is 1. The van der Waals surface area contributed by atoms with Crippen molar-refractivity contribution in [3.05, 3.63) is 0 Å². The minimum atomic E-state index is -0.0780. The number of hydrogen-bond acceptors (Lipinski definition) is 3. The molecule has 0 aromatic rings. The summed E-state index contributed by atoms with van der Waals surface area (Å²) in [5, 5.41) is 8.60. The number of nitriles is 1. The summed E-state index contributed by atoms with van der Waals surface area (Å²) in [5.74, 6) is 0.550. The van der Waals surface area contributed by atoms with Crippen LogP contribution in [-0.2, 0) is 4.79 Å². The van der Waals surface area contributed by atoms with Gasteiger partial charge in [0.1, 0.15) is 0 Å². The summed E-state index contributed by atoms with van der Waals surface area (Å²) in [5.41, 5.74) is 0. The molecule has 0 aromatic heterocycles. The monoisotopic (exact) mass is 200 g/mol. The zero-order valence-corrected chi connectivity index (χ0v) is 9.23. The molecule has 1 unspecified atom stereocenters. The molecule has 0 aliphatic carbocycles. The summed E-state index contributed by atoms with van der Waals surface area (Å²) in [6.45, 7) is 5.00. The van der Waals surface area contributed by atoms with Gasteiger partial charge in [-0.15, -0.1) is 0 Å². The first kappa shape index (κ1) is 12.3. The van der Waals surface area contributed by atoms with E-state index in [0.29, 0.717) is 18.8 Å². The van der Waals surface area contributed by atoms with Gasteiger partial charge in [0.25, 0.3) is 0 Å². The fraction of sp³-hybridized carbons (Fsp3) is 0.778. The van der Waals surface area contributed by atoms with E-state index >= 15 is 0 Å². The fourth-order valence-electron chi connectivity index (χ4n) is 0.993. The van der Waals surface area contributed by atoms with Crippen LogP contribution in [0.3, 0.4) is 0 Å². The topological polar surface area (TPSA) is 44.1 Å². The Labute approximate surface area is 84.1 Å². The maximum Gasteiger partial charge on any atom is 0.232 e. The van der Waals surface area contributed by atoms with E-state index < -0.39 is 0 Å². The van der Waals surface area contributed by atoms with Crippen molar-refractivity contribution in [1.82, 2.24) is 4.90 Å². The van der Waals surface area contributed by atoms with Crippen LogP contribution in [0.2, 0.25) is 0 Å². The normalized spacial score (nSPS) is 11.8. The van der Waals surface area contributed by atoms with Gasteiger partial charge in [-0.2, -0.15) is 17.0 Å². The number of amides is 1. The Kier molecular flexibility index (Phi) is 6.43. The highest BCUT2D eigenvalue weighted by molar-refractivity contribution is 7.99. The zero-order valence-electron chi connectivity index (χ0n) is 8.41. The van der Waals surface area contributed by atoms with E-state index in [4.69, 9.17) is 5.26 Å². The summed E-state index contributed by atoms with van der Waals surface area (Å²) in [6.07, 6.45) is 1.90. The Morgan fingerprint density at radius 3 is 2.69 bits per heavy atom. The first-order valence-corrected chi connectivity index (χ1v) is 5.71. The molecular formula is C9H16N2OS. The number of thioether (sulfide) groups is 1. The van der Waals surface area contributed by atoms with Gasteiger partial charge in [0.2, 0.25) is 5.91 Å². The van der Waals surface area contributed by atoms with Crippen LogP contribution in [-0.4, -0.2) is 35.9 Å². The van der Waals surface area contributed by atoms with Gasteiger partial charge in [0, 0.05) is 13.1 Å². The summed E-state index contributed by atoms with van der Waals surface area (Å²) in [6, 6.07) is 2.13. The fourth-order valence-corrected chi connectivity index (χ4v) is 1.42. The third-order valence-electron chi connectivity index (χ3n) is 1.72. The SMILES string of the molecule is CCN(CC(C)C#N)C(=O)CSC. The molecule has 13 heavy (non-hydrogen) atoms. The van der Waals surface area contributed by atoms with Crippen molar-refractivity contribution >= 4 is 17.7 Å². The molecule has 0 fully saturated rings. The van der Waals surface area contributed by atoms with Crippen molar-refractivity contribution in [3.8, 4) is 6.07 Å². The molecule has 0 rings (SSSR count). The highest BCUT2D eigenvalue weighted by atomic mass is 32.2. The lowest BCUT2D eigenvalue weighted by molar-refractivity contribution is -0.128. The van der Waals surface area contributed by atoms with Gasteiger partial charge in [-0.1, -0.05) is 0 Å². The third-order valence-corrected chi connectivity index (χ3v) is 2.25. The molecule has 0 saturated heterocycles. The third kappa shape index (κ3) is 4.79. The van der Waals surface area contributed by atoms with Gasteiger partial charge in [-0.3, -0.25) is 4.79 Å². The van der Waals surface area contributed by atoms with Crippen LogP contribution >= 0.6 is 11.8 Å². The molecule has 0 saturated carbocycles. The first-order valence-electron chi connectivity index (χ1n) is 4.32. The molecule has 0 aliphatic rings. The maximum atomic E-state index is 11.4. The number of nitrogens with zero attached hydrogens (tertiary/aromatic N) is 2. The lowest BCUT2D eigenvalue weighted by Gasteiger charge is -2.21. The van der Waals surface area contributed by atoms with Gasteiger partial charge in [-0.05, 0) is 20.1 Å². The van der Waals surface area contributed by atoms with Crippen LogP contribution in [0.5, 0.6) is 0 Å². The first-order chi connectivity index (χ1) is 6.15. The van der Waals surface area contributed by atoms with E-state index in [1.54, 1.807) is 4.90 Å². The van der Waals surface area contributed by atoms with Crippen LogP contribution in [0.1, 0.15) is 13.8 Å². The Hall–Kier alpha value is -0.690. The van der Waals surface area contributed by atoms with Gasteiger partial charge in [-0.25, -0.2) is 0 Å². The highest BCUT2D eigenvalue weighted by Crippen LogP contribution is 2.02. The molecule has 0 aliphatic heterocycles. The summed E-state index contributed by atoms with van der Waals surface area (Å²) < 4.78 is 0. The van der Waals surface area contributed by atoms with Crippen LogP contribution in [0.25, 0.3) is 0 Å². The van der Waals surface area contributed by atoms with E-state index in [1.165, 1.54) is 11.8 Å². The largest absolute Gasteiger partial charge is 0.341 e. The molecule has 3 nitrogen and oxygen atoms in total. The smallest absolute Gasteiger partial charge is 0.232 e. The highest BCUT2D eigenvalue weighted by Gasteiger charge is 2.13. The van der Waals surface area contributed by atoms with Gasteiger partial charge in [0.05, 0.1) is 17.7 Å². The van der Waals surface area contributed by atoms with Gasteiger partial charge in [0.15, 0.2) is 0 Å². The van der Waals surface area contributed by atoms with E-state index in [-0.39, 0.29) is 11.8 Å². The molecule has 0 radical (unpaired) electrons. The molecular weight excluding hydrogens is 184 g/mol. The molecule has 0 N–H and O–H groups in total. The van der Waals surface area contributed by atoms with Crippen LogP contribution in [0, 0.1) is 17.2 Å². The van der Waals surface area contributed by atoms with Crippen LogP contribution in [0.15, 0.2) is 0 Å². The van der Waals surface area contributed by atoms with E-state index in [0.717, 1.165) is 0 Å². The number of rotatable bonds is 5. The Morgan fingerprint density at radius 1 is 1.69 bits per heavy atom. The second-order valence-electron chi connectivity index (χ2n) is 2.90. The predicted octanol–water partition coefficient (Wildman–Crippen LogP) is 1.36. The van der Waals surface area contributed by atoms with Gasteiger partial charge >= 0.3 is 0 Å². The van der Waals surface area contributed by atoms with Crippen molar-refractivity contribution in [2.75, 3.05) is 25.1 Å². The second kappa shape index (κ2) is 6.79. The summed E-state index contributed by atoms with van der Waals surface area (Å²) in [4.78, 5) is 13.1. The second-order valence-corrected chi connectivity index (χ2v) is 3.76. The number of hydrogen-bond donors (Lipinski definition) is 0. The minimum absolute atomic E-state index is 0.0780. The zero-order chi connectivity index (χ0) is 10.3. The van der Waals surface area contributed by atoms with Crippen LogP contribution in [0.4, 0.5) is 0 Å². The average molecular weight is 200 g/mol. The molecule has 0 spiro atoms. The molecule has 4 heteroatoms. The molecule has 0 aromatic carbocycles. The van der Waals surface area contributed by atoms with E-state index in [9.17, 15) is 4.79 Å². The van der Waals surface area contributed by atoms with Crippen LogP contribution < -0.4 is 0 Å². The minimum Gasteiger partial charge on any atom is -0.341 e. The maximum absolute atomic E-state index is 11.4. The Morgan fingerprint density at radius 2 is 2.31 bits per heavy atom.